The second-order valence-corrected chi connectivity index (χ2v) is 4.52. The molecule has 0 saturated carbocycles. The summed E-state index contributed by atoms with van der Waals surface area (Å²) in [5.74, 6) is -1.08. The summed E-state index contributed by atoms with van der Waals surface area (Å²) in [4.78, 5) is 15.6. The van der Waals surface area contributed by atoms with Crippen LogP contribution in [0.4, 0.5) is 13.2 Å². The van der Waals surface area contributed by atoms with Crippen molar-refractivity contribution < 1.29 is 22.7 Å². The first kappa shape index (κ1) is 15.2. The zero-order valence-corrected chi connectivity index (χ0v) is 10.9. The minimum absolute atomic E-state index is 0.0831. The minimum Gasteiger partial charge on any atom is -0.455 e. The second kappa shape index (κ2) is 6.09. The summed E-state index contributed by atoms with van der Waals surface area (Å²) in [6.07, 6.45) is -2.85. The van der Waals surface area contributed by atoms with E-state index in [1.54, 1.807) is 30.5 Å². The van der Waals surface area contributed by atoms with Crippen molar-refractivity contribution in [2.24, 2.45) is 5.73 Å². The lowest BCUT2D eigenvalue weighted by Gasteiger charge is -2.14. The zero-order chi connectivity index (χ0) is 15.5. The van der Waals surface area contributed by atoms with Gasteiger partial charge in [-0.05, 0) is 24.1 Å². The van der Waals surface area contributed by atoms with Gasteiger partial charge in [0.1, 0.15) is 6.04 Å². The lowest BCUT2D eigenvalue weighted by atomic mass is 10.0. The van der Waals surface area contributed by atoms with Gasteiger partial charge in [0, 0.05) is 11.6 Å². The number of rotatable bonds is 4. The number of pyridine rings is 1. The van der Waals surface area contributed by atoms with Crippen LogP contribution in [0.3, 0.4) is 0 Å². The summed E-state index contributed by atoms with van der Waals surface area (Å²) in [5.41, 5.74) is 7.07. The standard InChI is InChI=1S/C14H13F3N2O2/c15-14(16,17)8-21-13(20)11(18)7-9-3-1-5-12-10(9)4-2-6-19-12/h1-6,11H,7-8,18H2/t11-/m0/s1. The Balaban J connectivity index is 2.08. The van der Waals surface area contributed by atoms with E-state index in [1.165, 1.54) is 0 Å². The van der Waals surface area contributed by atoms with Crippen molar-refractivity contribution in [2.45, 2.75) is 18.6 Å². The monoisotopic (exact) mass is 298 g/mol. The van der Waals surface area contributed by atoms with Crippen LogP contribution < -0.4 is 5.73 Å². The van der Waals surface area contributed by atoms with Crippen molar-refractivity contribution in [3.63, 3.8) is 0 Å². The van der Waals surface area contributed by atoms with E-state index in [0.717, 1.165) is 16.5 Å². The maximum absolute atomic E-state index is 12.0. The van der Waals surface area contributed by atoms with Crippen molar-refractivity contribution in [1.29, 1.82) is 0 Å². The zero-order valence-electron chi connectivity index (χ0n) is 10.9. The van der Waals surface area contributed by atoms with E-state index < -0.39 is 24.8 Å². The molecule has 1 aromatic heterocycles. The molecule has 0 bridgehead atoms. The highest BCUT2D eigenvalue weighted by atomic mass is 19.4. The summed E-state index contributed by atoms with van der Waals surface area (Å²) in [6.45, 7) is -1.63. The number of halogens is 3. The lowest BCUT2D eigenvalue weighted by molar-refractivity contribution is -0.187. The maximum Gasteiger partial charge on any atom is 0.422 e. The Hall–Kier alpha value is -2.15. The highest BCUT2D eigenvalue weighted by molar-refractivity contribution is 5.83. The molecule has 0 amide bonds. The molecule has 0 spiro atoms. The lowest BCUT2D eigenvalue weighted by Crippen LogP contribution is -2.36. The molecule has 1 heterocycles. The number of benzene rings is 1. The number of esters is 1. The van der Waals surface area contributed by atoms with E-state index in [0.29, 0.717) is 0 Å². The van der Waals surface area contributed by atoms with Gasteiger partial charge in [-0.15, -0.1) is 0 Å². The van der Waals surface area contributed by atoms with Crippen LogP contribution in [-0.4, -0.2) is 29.8 Å². The Kier molecular flexibility index (Phi) is 4.42. The summed E-state index contributed by atoms with van der Waals surface area (Å²) in [6, 6.07) is 7.69. The van der Waals surface area contributed by atoms with Crippen molar-refractivity contribution >= 4 is 16.9 Å². The first-order chi connectivity index (χ1) is 9.87. The number of fused-ring (bicyclic) bond motifs is 1. The molecule has 4 nitrogen and oxygen atoms in total. The maximum atomic E-state index is 12.0. The van der Waals surface area contributed by atoms with Gasteiger partial charge in [0.25, 0.3) is 0 Å². The average Bonchev–Trinajstić information content (AvgIpc) is 2.44. The number of hydrogen-bond donors (Lipinski definition) is 1. The fourth-order valence-electron chi connectivity index (χ4n) is 1.93. The van der Waals surface area contributed by atoms with Crippen LogP contribution in [0.2, 0.25) is 0 Å². The predicted octanol–water partition coefficient (Wildman–Crippen LogP) is 2.21. The van der Waals surface area contributed by atoms with Crippen LogP contribution in [0.1, 0.15) is 5.56 Å². The van der Waals surface area contributed by atoms with Crippen LogP contribution in [0.25, 0.3) is 10.9 Å². The number of nitrogens with two attached hydrogens (primary N) is 1. The third kappa shape index (κ3) is 4.16. The number of alkyl halides is 3. The van der Waals surface area contributed by atoms with Gasteiger partial charge in [-0.2, -0.15) is 13.2 Å². The normalized spacial score (nSPS) is 13.1. The fourth-order valence-corrected chi connectivity index (χ4v) is 1.93. The highest BCUT2D eigenvalue weighted by Crippen LogP contribution is 2.18. The molecule has 0 aliphatic carbocycles. The average molecular weight is 298 g/mol. The van der Waals surface area contributed by atoms with Crippen molar-refractivity contribution in [3.05, 3.63) is 42.1 Å². The molecule has 0 aliphatic heterocycles. The van der Waals surface area contributed by atoms with E-state index in [9.17, 15) is 18.0 Å². The van der Waals surface area contributed by atoms with Gasteiger partial charge in [0.05, 0.1) is 5.52 Å². The molecule has 0 aliphatic rings. The van der Waals surface area contributed by atoms with Crippen LogP contribution in [-0.2, 0) is 16.0 Å². The number of carbonyl (C=O) groups excluding carboxylic acids is 1. The summed E-state index contributed by atoms with van der Waals surface area (Å²) < 4.78 is 40.1. The molecule has 0 radical (unpaired) electrons. The molecule has 2 rings (SSSR count). The van der Waals surface area contributed by atoms with Crippen LogP contribution >= 0.6 is 0 Å². The Morgan fingerprint density at radius 3 is 2.76 bits per heavy atom. The van der Waals surface area contributed by atoms with Gasteiger partial charge >= 0.3 is 12.1 Å². The highest BCUT2D eigenvalue weighted by Gasteiger charge is 2.30. The quantitative estimate of drug-likeness (QED) is 0.879. The molecule has 1 aromatic carbocycles. The Morgan fingerprint density at radius 2 is 2.05 bits per heavy atom. The van der Waals surface area contributed by atoms with Crippen molar-refractivity contribution in [3.8, 4) is 0 Å². The molecule has 2 aromatic rings. The van der Waals surface area contributed by atoms with Gasteiger partial charge in [-0.25, -0.2) is 0 Å². The third-order valence-corrected chi connectivity index (χ3v) is 2.86. The topological polar surface area (TPSA) is 65.2 Å². The smallest absolute Gasteiger partial charge is 0.422 e. The summed E-state index contributed by atoms with van der Waals surface area (Å²) in [7, 11) is 0. The van der Waals surface area contributed by atoms with E-state index in [-0.39, 0.29) is 6.42 Å². The summed E-state index contributed by atoms with van der Waals surface area (Å²) >= 11 is 0. The number of hydrogen-bond acceptors (Lipinski definition) is 4. The van der Waals surface area contributed by atoms with Crippen LogP contribution in [0.5, 0.6) is 0 Å². The molecule has 0 fully saturated rings. The Labute approximate surface area is 118 Å². The first-order valence-corrected chi connectivity index (χ1v) is 6.18. The molecule has 1 atom stereocenters. The molecule has 0 unspecified atom stereocenters. The number of aromatic nitrogens is 1. The van der Waals surface area contributed by atoms with Gasteiger partial charge in [0.2, 0.25) is 0 Å². The first-order valence-electron chi connectivity index (χ1n) is 6.18. The number of carbonyl (C=O) groups is 1. The minimum atomic E-state index is -4.56. The molecule has 7 heteroatoms. The molecule has 112 valence electrons. The van der Waals surface area contributed by atoms with Crippen molar-refractivity contribution in [2.75, 3.05) is 6.61 Å². The predicted molar refractivity (Wildman–Crippen MR) is 70.4 cm³/mol. The molecule has 0 saturated heterocycles. The molecular formula is C14H13F3N2O2. The van der Waals surface area contributed by atoms with Gasteiger partial charge in [-0.3, -0.25) is 9.78 Å². The Bertz CT molecular complexity index is 638. The van der Waals surface area contributed by atoms with E-state index >= 15 is 0 Å². The molecule has 2 N–H and O–H groups in total. The second-order valence-electron chi connectivity index (χ2n) is 4.52. The van der Waals surface area contributed by atoms with Gasteiger partial charge < -0.3 is 10.5 Å². The van der Waals surface area contributed by atoms with E-state index in [4.69, 9.17) is 5.73 Å². The largest absolute Gasteiger partial charge is 0.455 e. The van der Waals surface area contributed by atoms with Gasteiger partial charge in [-0.1, -0.05) is 18.2 Å². The molecule has 21 heavy (non-hydrogen) atoms. The van der Waals surface area contributed by atoms with Crippen molar-refractivity contribution in [1.82, 2.24) is 4.98 Å². The van der Waals surface area contributed by atoms with Crippen LogP contribution in [0, 0.1) is 0 Å². The van der Waals surface area contributed by atoms with E-state index in [2.05, 4.69) is 9.72 Å². The molecular weight excluding hydrogens is 285 g/mol. The fraction of sp³-hybridized carbons (Fsp3) is 0.286. The van der Waals surface area contributed by atoms with E-state index in [1.807, 2.05) is 6.07 Å². The summed E-state index contributed by atoms with van der Waals surface area (Å²) in [5, 5.41) is 0.805. The van der Waals surface area contributed by atoms with Crippen LogP contribution in [0.15, 0.2) is 36.5 Å². The Morgan fingerprint density at radius 1 is 1.29 bits per heavy atom. The number of nitrogens with zero attached hydrogens (tertiary/aromatic N) is 1. The third-order valence-electron chi connectivity index (χ3n) is 2.86. The SMILES string of the molecule is N[C@@H](Cc1cccc2ncccc12)C(=O)OCC(F)(F)F. The number of ether oxygens (including phenoxy) is 1. The van der Waals surface area contributed by atoms with Gasteiger partial charge in [0.15, 0.2) is 6.61 Å².